The second-order valence-corrected chi connectivity index (χ2v) is 8.63. The van der Waals surface area contributed by atoms with E-state index >= 15 is 0 Å². The molecule has 0 aliphatic heterocycles. The number of carbonyl (C=O) groups is 2. The molecule has 5 nitrogen and oxygen atoms in total. The van der Waals surface area contributed by atoms with Crippen LogP contribution in [0.4, 0.5) is 0 Å². The smallest absolute Gasteiger partial charge is 0.342 e. The zero-order valence-electron chi connectivity index (χ0n) is 19.0. The molecule has 0 radical (unpaired) electrons. The third-order valence-electron chi connectivity index (χ3n) is 6.43. The van der Waals surface area contributed by atoms with Gasteiger partial charge in [0.1, 0.15) is 23.5 Å². The zero-order valence-corrected chi connectivity index (χ0v) is 19.0. The fourth-order valence-electron chi connectivity index (χ4n) is 4.62. The maximum Gasteiger partial charge on any atom is 0.342 e. The van der Waals surface area contributed by atoms with Crippen LogP contribution in [0.3, 0.4) is 0 Å². The fraction of sp³-hybridized carbons (Fsp3) is 0.241. The predicted molar refractivity (Wildman–Crippen MR) is 131 cm³/mol. The van der Waals surface area contributed by atoms with Crippen molar-refractivity contribution in [3.05, 3.63) is 90.0 Å². The van der Waals surface area contributed by atoms with Gasteiger partial charge in [-0.05, 0) is 83.6 Å². The number of hydrogen-bond donors (Lipinski definition) is 0. The highest BCUT2D eigenvalue weighted by atomic mass is 16.6. The highest BCUT2D eigenvalue weighted by Gasteiger charge is 2.32. The van der Waals surface area contributed by atoms with Crippen molar-refractivity contribution in [2.45, 2.75) is 37.9 Å². The molecule has 0 saturated heterocycles. The van der Waals surface area contributed by atoms with Crippen LogP contribution in [0, 0.1) is 0 Å². The Kier molecular flexibility index (Phi) is 6.17. The van der Waals surface area contributed by atoms with Gasteiger partial charge in [-0.15, -0.1) is 0 Å². The quantitative estimate of drug-likeness (QED) is 0.261. The van der Waals surface area contributed by atoms with E-state index in [0.29, 0.717) is 29.7 Å². The van der Waals surface area contributed by atoms with Gasteiger partial charge in [-0.3, -0.25) is 0 Å². The number of hydrogen-bond acceptors (Lipinski definition) is 5. The van der Waals surface area contributed by atoms with E-state index in [0.717, 1.165) is 34.4 Å². The lowest BCUT2D eigenvalue weighted by atomic mass is 9.94. The van der Waals surface area contributed by atoms with Crippen LogP contribution >= 0.6 is 0 Å². The number of rotatable bonds is 5. The Morgan fingerprint density at radius 2 is 1.26 bits per heavy atom. The molecule has 0 bridgehead atoms. The standard InChI is InChI=1S/C29H26O5/c1-32-25-11-5-4-10-24(25)29(31)34-27-13-7-6-12-26(27)33-28(30)22-15-14-21-16-19-8-2-3-9-20(19)17-23(21)18-22/h2-5,8-11,14-18,26-27H,6-7,12-13H2,1H3/t26-,27-/m1/s1. The molecule has 5 heteroatoms. The van der Waals surface area contributed by atoms with Crippen LogP contribution in [0.2, 0.25) is 0 Å². The molecule has 1 fully saturated rings. The van der Waals surface area contributed by atoms with Crippen LogP contribution in [-0.4, -0.2) is 31.3 Å². The first kappa shape index (κ1) is 22.0. The summed E-state index contributed by atoms with van der Waals surface area (Å²) in [4.78, 5) is 25.8. The Morgan fingerprint density at radius 3 is 1.97 bits per heavy atom. The van der Waals surface area contributed by atoms with Crippen LogP contribution in [0.15, 0.2) is 78.9 Å². The van der Waals surface area contributed by atoms with Crippen molar-refractivity contribution in [3.8, 4) is 5.75 Å². The van der Waals surface area contributed by atoms with E-state index in [4.69, 9.17) is 14.2 Å². The summed E-state index contributed by atoms with van der Waals surface area (Å²) in [6.07, 6.45) is 2.19. The summed E-state index contributed by atoms with van der Waals surface area (Å²) in [7, 11) is 1.52. The third kappa shape index (κ3) is 4.46. The van der Waals surface area contributed by atoms with Gasteiger partial charge in [0.05, 0.1) is 12.7 Å². The number of esters is 2. The zero-order chi connectivity index (χ0) is 23.5. The number of fused-ring (bicyclic) bond motifs is 2. The summed E-state index contributed by atoms with van der Waals surface area (Å²) in [6.45, 7) is 0. The monoisotopic (exact) mass is 454 g/mol. The average Bonchev–Trinajstić information content (AvgIpc) is 2.88. The molecule has 5 rings (SSSR count). The molecule has 0 aromatic heterocycles. The normalized spacial score (nSPS) is 17.9. The Labute approximate surface area is 198 Å². The van der Waals surface area contributed by atoms with Gasteiger partial charge in [-0.1, -0.05) is 42.5 Å². The van der Waals surface area contributed by atoms with Gasteiger partial charge in [-0.2, -0.15) is 0 Å². The van der Waals surface area contributed by atoms with Gasteiger partial charge in [0.2, 0.25) is 0 Å². The van der Waals surface area contributed by atoms with Crippen molar-refractivity contribution in [3.63, 3.8) is 0 Å². The molecule has 34 heavy (non-hydrogen) atoms. The lowest BCUT2D eigenvalue weighted by Crippen LogP contribution is -2.38. The van der Waals surface area contributed by atoms with E-state index in [-0.39, 0.29) is 0 Å². The largest absolute Gasteiger partial charge is 0.496 e. The molecular weight excluding hydrogens is 428 g/mol. The molecule has 4 aromatic carbocycles. The van der Waals surface area contributed by atoms with Crippen LogP contribution < -0.4 is 4.74 Å². The maximum atomic E-state index is 13.0. The summed E-state index contributed by atoms with van der Waals surface area (Å²) in [5, 5.41) is 4.33. The molecule has 1 aliphatic rings. The Balaban J connectivity index is 1.33. The van der Waals surface area contributed by atoms with E-state index in [1.165, 1.54) is 7.11 Å². The minimum absolute atomic E-state index is 0.363. The maximum absolute atomic E-state index is 13.0. The van der Waals surface area contributed by atoms with Gasteiger partial charge in [0.15, 0.2) is 0 Å². The molecule has 1 aliphatic carbocycles. The summed E-state index contributed by atoms with van der Waals surface area (Å²) in [5.41, 5.74) is 0.852. The van der Waals surface area contributed by atoms with Gasteiger partial charge in [0.25, 0.3) is 0 Å². The van der Waals surface area contributed by atoms with Crippen LogP contribution in [0.25, 0.3) is 21.5 Å². The fourth-order valence-corrected chi connectivity index (χ4v) is 4.62. The first-order valence-corrected chi connectivity index (χ1v) is 11.6. The minimum atomic E-state index is -0.487. The van der Waals surface area contributed by atoms with Crippen LogP contribution in [-0.2, 0) is 9.47 Å². The van der Waals surface area contributed by atoms with Crippen molar-refractivity contribution in [1.29, 1.82) is 0 Å². The minimum Gasteiger partial charge on any atom is -0.496 e. The van der Waals surface area contributed by atoms with E-state index < -0.39 is 24.1 Å². The molecule has 0 amide bonds. The third-order valence-corrected chi connectivity index (χ3v) is 6.43. The van der Waals surface area contributed by atoms with Crippen LogP contribution in [0.5, 0.6) is 5.75 Å². The topological polar surface area (TPSA) is 61.8 Å². The van der Waals surface area contributed by atoms with E-state index in [1.807, 2.05) is 24.3 Å². The second-order valence-electron chi connectivity index (χ2n) is 8.63. The summed E-state index contributed by atoms with van der Waals surface area (Å²) in [6, 6.07) is 24.9. The number of para-hydroxylation sites is 1. The van der Waals surface area contributed by atoms with Crippen molar-refractivity contribution < 1.29 is 23.8 Å². The number of methoxy groups -OCH3 is 1. The Bertz CT molecular complexity index is 1360. The number of ether oxygens (including phenoxy) is 3. The van der Waals surface area contributed by atoms with E-state index in [1.54, 1.807) is 30.3 Å². The first-order valence-electron chi connectivity index (χ1n) is 11.6. The van der Waals surface area contributed by atoms with Crippen molar-refractivity contribution >= 4 is 33.5 Å². The van der Waals surface area contributed by atoms with Gasteiger partial charge in [0, 0.05) is 0 Å². The second kappa shape index (κ2) is 9.56. The average molecular weight is 455 g/mol. The van der Waals surface area contributed by atoms with Crippen molar-refractivity contribution in [2.24, 2.45) is 0 Å². The van der Waals surface area contributed by atoms with Gasteiger partial charge < -0.3 is 14.2 Å². The van der Waals surface area contributed by atoms with E-state index in [2.05, 4.69) is 24.3 Å². The SMILES string of the molecule is COc1ccccc1C(=O)O[C@@H]1CCCC[C@H]1OC(=O)c1ccc2cc3ccccc3cc2c1. The Morgan fingerprint density at radius 1 is 0.676 bits per heavy atom. The Hall–Kier alpha value is -3.86. The molecule has 0 unspecified atom stereocenters. The van der Waals surface area contributed by atoms with Crippen molar-refractivity contribution in [1.82, 2.24) is 0 Å². The highest BCUT2D eigenvalue weighted by Crippen LogP contribution is 2.29. The number of benzene rings is 4. The molecule has 0 spiro atoms. The molecule has 1 saturated carbocycles. The summed E-state index contributed by atoms with van der Waals surface area (Å²) < 4.78 is 16.9. The highest BCUT2D eigenvalue weighted by molar-refractivity contribution is 6.01. The molecule has 2 atom stereocenters. The summed E-state index contributed by atoms with van der Waals surface area (Å²) >= 11 is 0. The lowest BCUT2D eigenvalue weighted by Gasteiger charge is -2.30. The molecule has 4 aromatic rings. The molecule has 172 valence electrons. The van der Waals surface area contributed by atoms with E-state index in [9.17, 15) is 9.59 Å². The lowest BCUT2D eigenvalue weighted by molar-refractivity contribution is -0.0515. The van der Waals surface area contributed by atoms with Crippen molar-refractivity contribution in [2.75, 3.05) is 7.11 Å². The first-order chi connectivity index (χ1) is 16.6. The van der Waals surface area contributed by atoms with Gasteiger partial charge in [-0.25, -0.2) is 9.59 Å². The molecule has 0 N–H and O–H groups in total. The van der Waals surface area contributed by atoms with Gasteiger partial charge >= 0.3 is 11.9 Å². The van der Waals surface area contributed by atoms with Crippen LogP contribution in [0.1, 0.15) is 46.4 Å². The molecular formula is C29H26O5. The number of carbonyl (C=O) groups excluding carboxylic acids is 2. The summed E-state index contributed by atoms with van der Waals surface area (Å²) in [5.74, 6) is -0.413. The predicted octanol–water partition coefficient (Wildman–Crippen LogP) is 6.33. The molecule has 0 heterocycles.